The molecule has 0 aromatic carbocycles. The fourth-order valence-corrected chi connectivity index (χ4v) is 1.38. The van der Waals surface area contributed by atoms with Crippen molar-refractivity contribution in [1.29, 1.82) is 0 Å². The molecule has 1 atom stereocenters. The van der Waals surface area contributed by atoms with Gasteiger partial charge in [0.2, 0.25) is 0 Å². The zero-order chi connectivity index (χ0) is 10.1. The molecular weight excluding hydrogens is 184 g/mol. The summed E-state index contributed by atoms with van der Waals surface area (Å²) < 4.78 is 18.9. The molecular formula is C10H16O2S. The quantitative estimate of drug-likeness (QED) is 0.528. The lowest BCUT2D eigenvalue weighted by Gasteiger charge is -1.99. The van der Waals surface area contributed by atoms with Gasteiger partial charge >= 0.3 is 0 Å². The van der Waals surface area contributed by atoms with Crippen LogP contribution in [-0.2, 0) is 11.1 Å². The van der Waals surface area contributed by atoms with Crippen molar-refractivity contribution in [2.45, 2.75) is 19.8 Å². The average Bonchev–Trinajstić information content (AvgIpc) is 2.04. The number of allylic oxidation sites excluding steroid dienone is 5. The summed E-state index contributed by atoms with van der Waals surface area (Å²) in [6.07, 6.45) is 9.13. The normalized spacial score (nSPS) is 14.8. The van der Waals surface area contributed by atoms with Crippen molar-refractivity contribution in [2.75, 3.05) is 5.75 Å². The molecule has 0 aliphatic heterocycles. The summed E-state index contributed by atoms with van der Waals surface area (Å²) in [5.74, 6) is 0.339. The zero-order valence-corrected chi connectivity index (χ0v) is 8.72. The van der Waals surface area contributed by atoms with Crippen molar-refractivity contribution in [3.63, 3.8) is 0 Å². The first-order chi connectivity index (χ1) is 6.20. The van der Waals surface area contributed by atoms with Crippen LogP contribution in [0, 0.1) is 0 Å². The molecule has 1 N–H and O–H groups in total. The Morgan fingerprint density at radius 3 is 2.77 bits per heavy atom. The van der Waals surface area contributed by atoms with E-state index in [1.807, 2.05) is 25.2 Å². The summed E-state index contributed by atoms with van der Waals surface area (Å²) in [4.78, 5) is 0. The monoisotopic (exact) mass is 200 g/mol. The third-order valence-electron chi connectivity index (χ3n) is 1.50. The molecule has 3 heteroatoms. The second-order valence-electron chi connectivity index (χ2n) is 2.61. The Hall–Kier alpha value is -0.670. The molecule has 0 rings (SSSR count). The molecule has 0 radical (unpaired) electrons. The van der Waals surface area contributed by atoms with Crippen LogP contribution < -0.4 is 0 Å². The average molecular weight is 200 g/mol. The van der Waals surface area contributed by atoms with Crippen LogP contribution in [0.3, 0.4) is 0 Å². The first-order valence-corrected chi connectivity index (χ1v) is 5.50. The molecule has 0 heterocycles. The predicted molar refractivity (Wildman–Crippen MR) is 58.0 cm³/mol. The highest BCUT2D eigenvalue weighted by atomic mass is 32.2. The van der Waals surface area contributed by atoms with E-state index < -0.39 is 11.1 Å². The van der Waals surface area contributed by atoms with E-state index in [2.05, 4.69) is 6.58 Å². The summed E-state index contributed by atoms with van der Waals surface area (Å²) in [7, 11) is 0. The highest BCUT2D eigenvalue weighted by Gasteiger charge is 1.95. The van der Waals surface area contributed by atoms with Gasteiger partial charge in [0.25, 0.3) is 0 Å². The maximum absolute atomic E-state index is 10.4. The molecule has 0 saturated carbocycles. The Balaban J connectivity index is 3.90. The van der Waals surface area contributed by atoms with Crippen molar-refractivity contribution >= 4 is 11.1 Å². The molecule has 1 unspecified atom stereocenters. The van der Waals surface area contributed by atoms with Crippen LogP contribution in [0.2, 0.25) is 0 Å². The van der Waals surface area contributed by atoms with Crippen LogP contribution >= 0.6 is 0 Å². The number of rotatable bonds is 6. The SMILES string of the molecule is C=C/C=C(\C=C/C)CCCS(=O)O. The lowest BCUT2D eigenvalue weighted by molar-refractivity contribution is 0.561. The highest BCUT2D eigenvalue weighted by Crippen LogP contribution is 2.07. The smallest absolute Gasteiger partial charge is 0.152 e. The van der Waals surface area contributed by atoms with E-state index in [1.54, 1.807) is 6.08 Å². The van der Waals surface area contributed by atoms with E-state index in [9.17, 15) is 4.21 Å². The minimum absolute atomic E-state index is 0.339. The van der Waals surface area contributed by atoms with Crippen LogP contribution in [0.1, 0.15) is 19.8 Å². The van der Waals surface area contributed by atoms with Crippen molar-refractivity contribution in [3.8, 4) is 0 Å². The van der Waals surface area contributed by atoms with Gasteiger partial charge in [-0.25, -0.2) is 4.21 Å². The highest BCUT2D eigenvalue weighted by molar-refractivity contribution is 7.79. The van der Waals surface area contributed by atoms with Crippen LogP contribution in [0.5, 0.6) is 0 Å². The molecule has 0 spiro atoms. The maximum atomic E-state index is 10.4. The Kier molecular flexibility index (Phi) is 7.54. The molecule has 0 amide bonds. The van der Waals surface area contributed by atoms with Gasteiger partial charge in [-0.05, 0) is 25.3 Å². The molecule has 0 aliphatic carbocycles. The van der Waals surface area contributed by atoms with Gasteiger partial charge in [-0.3, -0.25) is 0 Å². The van der Waals surface area contributed by atoms with Crippen LogP contribution in [0.25, 0.3) is 0 Å². The molecule has 13 heavy (non-hydrogen) atoms. The van der Waals surface area contributed by atoms with E-state index in [-0.39, 0.29) is 0 Å². The van der Waals surface area contributed by atoms with Gasteiger partial charge in [-0.1, -0.05) is 30.9 Å². The van der Waals surface area contributed by atoms with Gasteiger partial charge in [-0.15, -0.1) is 0 Å². The van der Waals surface area contributed by atoms with Crippen molar-refractivity contribution in [2.24, 2.45) is 0 Å². The van der Waals surface area contributed by atoms with Crippen LogP contribution in [-0.4, -0.2) is 14.5 Å². The zero-order valence-electron chi connectivity index (χ0n) is 7.90. The van der Waals surface area contributed by atoms with E-state index in [1.165, 1.54) is 0 Å². The van der Waals surface area contributed by atoms with Crippen molar-refractivity contribution in [1.82, 2.24) is 0 Å². The third-order valence-corrected chi connectivity index (χ3v) is 2.13. The number of hydrogen-bond donors (Lipinski definition) is 1. The molecule has 0 aromatic heterocycles. The predicted octanol–water partition coefficient (Wildman–Crippen LogP) is 2.68. The lowest BCUT2D eigenvalue weighted by atomic mass is 10.1. The molecule has 2 nitrogen and oxygen atoms in total. The van der Waals surface area contributed by atoms with Gasteiger partial charge in [0, 0.05) is 5.75 Å². The Morgan fingerprint density at radius 1 is 1.62 bits per heavy atom. The van der Waals surface area contributed by atoms with Gasteiger partial charge in [-0.2, -0.15) is 0 Å². The first kappa shape index (κ1) is 12.3. The summed E-state index contributed by atoms with van der Waals surface area (Å²) in [5.41, 5.74) is 1.14. The minimum atomic E-state index is -1.67. The molecule has 0 aliphatic rings. The molecule has 0 saturated heterocycles. The fraction of sp³-hybridized carbons (Fsp3) is 0.400. The lowest BCUT2D eigenvalue weighted by Crippen LogP contribution is -1.94. The van der Waals surface area contributed by atoms with E-state index >= 15 is 0 Å². The molecule has 0 aromatic rings. The Morgan fingerprint density at radius 2 is 2.31 bits per heavy atom. The molecule has 0 bridgehead atoms. The first-order valence-electron chi connectivity index (χ1n) is 4.22. The maximum Gasteiger partial charge on any atom is 0.152 e. The second kappa shape index (κ2) is 7.95. The number of hydrogen-bond acceptors (Lipinski definition) is 1. The molecule has 74 valence electrons. The van der Waals surface area contributed by atoms with Crippen LogP contribution in [0.15, 0.2) is 36.5 Å². The summed E-state index contributed by atoms with van der Waals surface area (Å²) >= 11 is -1.67. The standard InChI is InChI=1S/C10H16O2S/c1-3-6-10(7-4-2)8-5-9-13(11)12/h3-4,6-7H,1,5,8-9H2,2H3,(H,11,12)/b7-4-,10-6+. The second-order valence-corrected chi connectivity index (χ2v) is 3.66. The third kappa shape index (κ3) is 7.68. The van der Waals surface area contributed by atoms with Crippen LogP contribution in [0.4, 0.5) is 0 Å². The summed E-state index contributed by atoms with van der Waals surface area (Å²) in [6.45, 7) is 5.55. The van der Waals surface area contributed by atoms with Gasteiger partial charge in [0.15, 0.2) is 11.1 Å². The molecule has 0 fully saturated rings. The Labute approximate surface area is 82.3 Å². The topological polar surface area (TPSA) is 37.3 Å². The van der Waals surface area contributed by atoms with Crippen molar-refractivity contribution in [3.05, 3.63) is 36.5 Å². The van der Waals surface area contributed by atoms with Gasteiger partial charge < -0.3 is 4.55 Å². The van der Waals surface area contributed by atoms with E-state index in [0.717, 1.165) is 18.4 Å². The van der Waals surface area contributed by atoms with E-state index in [0.29, 0.717) is 5.75 Å². The van der Waals surface area contributed by atoms with Crippen molar-refractivity contribution < 1.29 is 8.76 Å². The largest absolute Gasteiger partial charge is 0.306 e. The van der Waals surface area contributed by atoms with E-state index in [4.69, 9.17) is 4.55 Å². The fourth-order valence-electron chi connectivity index (χ4n) is 0.987. The Bertz CT molecular complexity index is 229. The summed E-state index contributed by atoms with van der Waals surface area (Å²) in [5, 5.41) is 0. The van der Waals surface area contributed by atoms with Gasteiger partial charge in [0.1, 0.15) is 0 Å². The summed E-state index contributed by atoms with van der Waals surface area (Å²) in [6, 6.07) is 0. The minimum Gasteiger partial charge on any atom is -0.306 e. The van der Waals surface area contributed by atoms with Gasteiger partial charge in [0.05, 0.1) is 0 Å².